The smallest absolute Gasteiger partial charge is 0.0991 e. The van der Waals surface area contributed by atoms with E-state index in [1.807, 2.05) is 6.07 Å². The lowest BCUT2D eigenvalue weighted by molar-refractivity contribution is 0.655. The summed E-state index contributed by atoms with van der Waals surface area (Å²) in [6.45, 7) is 11.3. The number of rotatable bonds is 7. The zero-order valence-electron chi connectivity index (χ0n) is 16.6. The summed E-state index contributed by atoms with van der Waals surface area (Å²) < 4.78 is 0. The van der Waals surface area contributed by atoms with Crippen molar-refractivity contribution in [3.63, 3.8) is 0 Å². The summed E-state index contributed by atoms with van der Waals surface area (Å²) in [5.74, 6) is 0. The topological polar surface area (TPSA) is 27.0 Å². The third kappa shape index (κ3) is 3.23. The van der Waals surface area contributed by atoms with Gasteiger partial charge in [0.2, 0.25) is 0 Å². The van der Waals surface area contributed by atoms with Crippen LogP contribution in [-0.4, -0.2) is 13.1 Å². The Morgan fingerprint density at radius 2 is 1.46 bits per heavy atom. The van der Waals surface area contributed by atoms with E-state index in [-0.39, 0.29) is 5.41 Å². The Morgan fingerprint density at radius 1 is 0.885 bits per heavy atom. The summed E-state index contributed by atoms with van der Waals surface area (Å²) in [6, 6.07) is 15.4. The van der Waals surface area contributed by atoms with Gasteiger partial charge in [0.1, 0.15) is 0 Å². The van der Waals surface area contributed by atoms with Gasteiger partial charge < -0.3 is 4.90 Å². The predicted molar refractivity (Wildman–Crippen MR) is 111 cm³/mol. The van der Waals surface area contributed by atoms with Crippen LogP contribution in [0.1, 0.15) is 70.1 Å². The monoisotopic (exact) mass is 346 g/mol. The van der Waals surface area contributed by atoms with Crippen LogP contribution < -0.4 is 4.90 Å². The van der Waals surface area contributed by atoms with Crippen LogP contribution in [0.3, 0.4) is 0 Å². The fourth-order valence-electron chi connectivity index (χ4n) is 4.06. The molecule has 0 amide bonds. The van der Waals surface area contributed by atoms with Crippen molar-refractivity contribution in [2.45, 2.75) is 58.8 Å². The molecule has 1 aliphatic rings. The van der Waals surface area contributed by atoms with Crippen LogP contribution in [-0.2, 0) is 5.41 Å². The number of nitrogens with zero attached hydrogens (tertiary/aromatic N) is 2. The van der Waals surface area contributed by atoms with Gasteiger partial charge in [-0.2, -0.15) is 5.26 Å². The molecule has 0 spiro atoms. The normalized spacial score (nSPS) is 13.8. The van der Waals surface area contributed by atoms with E-state index in [2.05, 4.69) is 69.0 Å². The second-order valence-electron chi connectivity index (χ2n) is 7.92. The number of fused-ring (bicyclic) bond motifs is 3. The van der Waals surface area contributed by atoms with E-state index in [1.54, 1.807) is 0 Å². The fraction of sp³-hybridized carbons (Fsp3) is 0.458. The lowest BCUT2D eigenvalue weighted by Gasteiger charge is -2.27. The van der Waals surface area contributed by atoms with E-state index in [0.29, 0.717) is 0 Å². The molecule has 0 unspecified atom stereocenters. The lowest BCUT2D eigenvalue weighted by atomic mass is 9.82. The van der Waals surface area contributed by atoms with Crippen LogP contribution in [0.15, 0.2) is 36.4 Å². The predicted octanol–water partition coefficient (Wildman–Crippen LogP) is 6.27. The van der Waals surface area contributed by atoms with E-state index >= 15 is 0 Å². The van der Waals surface area contributed by atoms with E-state index in [0.717, 1.165) is 18.7 Å². The molecule has 136 valence electrons. The van der Waals surface area contributed by atoms with E-state index in [4.69, 9.17) is 0 Å². The van der Waals surface area contributed by atoms with Gasteiger partial charge in [0.05, 0.1) is 11.6 Å². The number of anilines is 1. The highest BCUT2D eigenvalue weighted by atomic mass is 15.1. The minimum absolute atomic E-state index is 0.0608. The van der Waals surface area contributed by atoms with Crippen molar-refractivity contribution in [2.24, 2.45) is 0 Å². The molecule has 0 bridgehead atoms. The highest BCUT2D eigenvalue weighted by Gasteiger charge is 2.36. The SMILES string of the molecule is CCCCN(CCCC)c1ccc2c(c1)C(C)(C)c1cc(C#N)ccc1-2. The van der Waals surface area contributed by atoms with Crippen molar-refractivity contribution >= 4 is 5.69 Å². The Kier molecular flexibility index (Phi) is 5.37. The summed E-state index contributed by atoms with van der Waals surface area (Å²) in [5, 5.41) is 9.28. The second kappa shape index (κ2) is 7.54. The van der Waals surface area contributed by atoms with Gasteiger partial charge in [-0.1, -0.05) is 52.7 Å². The third-order valence-electron chi connectivity index (χ3n) is 5.72. The van der Waals surface area contributed by atoms with Crippen LogP contribution in [0.25, 0.3) is 11.1 Å². The Morgan fingerprint density at radius 3 is 2.04 bits per heavy atom. The summed E-state index contributed by atoms with van der Waals surface area (Å²) in [4.78, 5) is 2.55. The Bertz CT molecular complexity index is 819. The van der Waals surface area contributed by atoms with Gasteiger partial charge in [0.15, 0.2) is 0 Å². The molecular weight excluding hydrogens is 316 g/mol. The highest BCUT2D eigenvalue weighted by molar-refractivity contribution is 5.83. The van der Waals surface area contributed by atoms with Gasteiger partial charge in [-0.15, -0.1) is 0 Å². The molecule has 2 heteroatoms. The van der Waals surface area contributed by atoms with Gasteiger partial charge in [0, 0.05) is 24.2 Å². The maximum absolute atomic E-state index is 9.28. The maximum Gasteiger partial charge on any atom is 0.0991 e. The Labute approximate surface area is 158 Å². The zero-order chi connectivity index (χ0) is 18.7. The van der Waals surface area contributed by atoms with Crippen LogP contribution in [0.2, 0.25) is 0 Å². The molecule has 0 aromatic heterocycles. The standard InChI is InChI=1S/C24H30N2/c1-5-7-13-26(14-8-6-2)19-10-12-21-20-11-9-18(17-25)15-22(20)24(3,4)23(21)16-19/h9-12,15-16H,5-8,13-14H2,1-4H3. The summed E-state index contributed by atoms with van der Waals surface area (Å²) in [5.41, 5.74) is 7.29. The Hall–Kier alpha value is -2.27. The molecule has 26 heavy (non-hydrogen) atoms. The van der Waals surface area contributed by atoms with Crippen LogP contribution >= 0.6 is 0 Å². The summed E-state index contributed by atoms with van der Waals surface area (Å²) >= 11 is 0. The quantitative estimate of drug-likeness (QED) is 0.590. The minimum atomic E-state index is -0.0608. The highest BCUT2D eigenvalue weighted by Crippen LogP contribution is 2.49. The number of unbranched alkanes of at least 4 members (excludes halogenated alkanes) is 2. The lowest BCUT2D eigenvalue weighted by Crippen LogP contribution is -2.26. The molecule has 0 fully saturated rings. The van der Waals surface area contributed by atoms with Gasteiger partial charge in [-0.3, -0.25) is 0 Å². The molecule has 0 N–H and O–H groups in total. The number of hydrogen-bond donors (Lipinski definition) is 0. The average molecular weight is 347 g/mol. The molecule has 2 aromatic carbocycles. The molecule has 3 rings (SSSR count). The third-order valence-corrected chi connectivity index (χ3v) is 5.72. The van der Waals surface area contributed by atoms with Gasteiger partial charge in [0.25, 0.3) is 0 Å². The molecule has 0 saturated heterocycles. The average Bonchev–Trinajstić information content (AvgIpc) is 2.88. The van der Waals surface area contributed by atoms with Crippen LogP contribution in [0.5, 0.6) is 0 Å². The first-order valence-corrected chi connectivity index (χ1v) is 9.97. The van der Waals surface area contributed by atoms with Gasteiger partial charge in [-0.05, 0) is 59.4 Å². The van der Waals surface area contributed by atoms with Crippen molar-refractivity contribution in [2.75, 3.05) is 18.0 Å². The van der Waals surface area contributed by atoms with Crippen molar-refractivity contribution in [1.29, 1.82) is 5.26 Å². The van der Waals surface area contributed by atoms with Crippen molar-refractivity contribution in [1.82, 2.24) is 0 Å². The molecule has 0 heterocycles. The molecule has 0 aliphatic heterocycles. The molecular formula is C24H30N2. The molecule has 0 saturated carbocycles. The molecule has 1 aliphatic carbocycles. The molecule has 0 atom stereocenters. The maximum atomic E-state index is 9.28. The zero-order valence-corrected chi connectivity index (χ0v) is 16.6. The second-order valence-corrected chi connectivity index (χ2v) is 7.92. The first kappa shape index (κ1) is 18.5. The van der Waals surface area contributed by atoms with Crippen molar-refractivity contribution in [3.05, 3.63) is 53.1 Å². The first-order chi connectivity index (χ1) is 12.5. The fourth-order valence-corrected chi connectivity index (χ4v) is 4.06. The number of hydrogen-bond acceptors (Lipinski definition) is 2. The van der Waals surface area contributed by atoms with Crippen LogP contribution in [0.4, 0.5) is 5.69 Å². The van der Waals surface area contributed by atoms with Gasteiger partial charge in [-0.25, -0.2) is 0 Å². The largest absolute Gasteiger partial charge is 0.372 e. The number of nitriles is 1. The van der Waals surface area contributed by atoms with Gasteiger partial charge >= 0.3 is 0 Å². The molecule has 2 aromatic rings. The Balaban J connectivity index is 2.01. The molecule has 2 nitrogen and oxygen atoms in total. The van der Waals surface area contributed by atoms with Crippen molar-refractivity contribution in [3.8, 4) is 17.2 Å². The summed E-state index contributed by atoms with van der Waals surface area (Å²) in [7, 11) is 0. The van der Waals surface area contributed by atoms with E-state index in [9.17, 15) is 5.26 Å². The minimum Gasteiger partial charge on any atom is -0.372 e. The first-order valence-electron chi connectivity index (χ1n) is 9.97. The van der Waals surface area contributed by atoms with Crippen LogP contribution in [0, 0.1) is 11.3 Å². The van der Waals surface area contributed by atoms with Crippen molar-refractivity contribution < 1.29 is 0 Å². The summed E-state index contributed by atoms with van der Waals surface area (Å²) in [6.07, 6.45) is 4.91. The number of benzene rings is 2. The van der Waals surface area contributed by atoms with E-state index in [1.165, 1.54) is 53.6 Å². The molecule has 0 radical (unpaired) electrons. The van der Waals surface area contributed by atoms with E-state index < -0.39 is 0 Å².